The van der Waals surface area contributed by atoms with Crippen LogP contribution in [-0.2, 0) is 10.1 Å². The molecule has 0 bridgehead atoms. The van der Waals surface area contributed by atoms with Gasteiger partial charge in [0.25, 0.3) is 10.1 Å². The summed E-state index contributed by atoms with van der Waals surface area (Å²) in [5.74, 6) is 0.475. The maximum Gasteiger partial charge on any atom is 0.294 e. The number of benzene rings is 1. The van der Waals surface area contributed by atoms with Crippen LogP contribution in [0, 0.1) is 0 Å². The number of rotatable bonds is 18. The van der Waals surface area contributed by atoms with Crippen molar-refractivity contribution in [2.24, 2.45) is 0 Å². The molecule has 0 aliphatic heterocycles. The van der Waals surface area contributed by atoms with Crippen LogP contribution in [-0.4, -0.2) is 13.0 Å². The molecule has 0 aliphatic carbocycles. The normalized spacial score (nSPS) is 12.9. The molecule has 1 aromatic rings. The van der Waals surface area contributed by atoms with E-state index in [4.69, 9.17) is 4.55 Å². The first kappa shape index (κ1) is 26.2. The molecule has 0 spiro atoms. The highest BCUT2D eigenvalue weighted by molar-refractivity contribution is 7.85. The van der Waals surface area contributed by atoms with Gasteiger partial charge in [0.15, 0.2) is 0 Å². The summed E-state index contributed by atoms with van der Waals surface area (Å²) in [4.78, 5) is -0.0207. The van der Waals surface area contributed by atoms with Gasteiger partial charge in [-0.1, -0.05) is 116 Å². The second-order valence-corrected chi connectivity index (χ2v) is 9.96. The largest absolute Gasteiger partial charge is 0.294 e. The van der Waals surface area contributed by atoms with E-state index in [9.17, 15) is 8.42 Å². The van der Waals surface area contributed by atoms with E-state index in [1.807, 2.05) is 12.1 Å². The molecule has 0 fully saturated rings. The first-order valence-electron chi connectivity index (χ1n) is 12.1. The predicted molar refractivity (Wildman–Crippen MR) is 124 cm³/mol. The minimum Gasteiger partial charge on any atom is -0.282 e. The molecule has 3 nitrogen and oxygen atoms in total. The van der Waals surface area contributed by atoms with Gasteiger partial charge in [-0.15, -0.1) is 0 Å². The van der Waals surface area contributed by atoms with Crippen molar-refractivity contribution in [3.05, 3.63) is 29.8 Å². The van der Waals surface area contributed by atoms with Crippen molar-refractivity contribution in [2.45, 2.75) is 127 Å². The summed E-state index contributed by atoms with van der Waals surface area (Å²) < 4.78 is 31.4. The van der Waals surface area contributed by atoms with Gasteiger partial charge in [0.2, 0.25) is 0 Å². The van der Waals surface area contributed by atoms with Crippen LogP contribution in [0.25, 0.3) is 0 Å². The Kier molecular flexibility index (Phi) is 14.3. The van der Waals surface area contributed by atoms with Crippen molar-refractivity contribution in [1.82, 2.24) is 0 Å². The molecule has 0 aromatic heterocycles. The van der Waals surface area contributed by atoms with E-state index in [1.165, 1.54) is 108 Å². The molecule has 0 radical (unpaired) electrons. The van der Waals surface area contributed by atoms with E-state index in [1.54, 1.807) is 0 Å². The standard InChI is InChI=1S/C25H44O3S/c1-3-5-6-7-8-9-10-11-12-13-14-15-16-17-18-23(4-2)24-19-21-25(22-20-24)29(26,27)28/h19-23H,3-18H2,1-2H3,(H,26,27,28). The first-order chi connectivity index (χ1) is 14.0. The van der Waals surface area contributed by atoms with E-state index in [-0.39, 0.29) is 4.90 Å². The number of hydrogen-bond donors (Lipinski definition) is 1. The second-order valence-electron chi connectivity index (χ2n) is 8.53. The van der Waals surface area contributed by atoms with Crippen molar-refractivity contribution in [2.75, 3.05) is 0 Å². The molecule has 1 atom stereocenters. The van der Waals surface area contributed by atoms with E-state index in [0.29, 0.717) is 5.92 Å². The Balaban J connectivity index is 2.04. The fourth-order valence-corrected chi connectivity index (χ4v) is 4.58. The molecule has 1 rings (SSSR count). The Morgan fingerprint density at radius 2 is 1.10 bits per heavy atom. The third-order valence-electron chi connectivity index (χ3n) is 6.05. The second kappa shape index (κ2) is 15.9. The summed E-state index contributed by atoms with van der Waals surface area (Å²) in [5.41, 5.74) is 1.18. The van der Waals surface area contributed by atoms with E-state index < -0.39 is 10.1 Å². The lowest BCUT2D eigenvalue weighted by Crippen LogP contribution is -2.01. The Labute approximate surface area is 180 Å². The molecule has 168 valence electrons. The number of hydrogen-bond acceptors (Lipinski definition) is 2. The van der Waals surface area contributed by atoms with Crippen molar-refractivity contribution < 1.29 is 13.0 Å². The lowest BCUT2D eigenvalue weighted by Gasteiger charge is -2.15. The Morgan fingerprint density at radius 1 is 0.690 bits per heavy atom. The summed E-state index contributed by atoms with van der Waals surface area (Å²) >= 11 is 0. The maximum absolute atomic E-state index is 11.2. The van der Waals surface area contributed by atoms with Gasteiger partial charge in [-0.2, -0.15) is 8.42 Å². The van der Waals surface area contributed by atoms with Crippen molar-refractivity contribution >= 4 is 10.1 Å². The molecular formula is C25H44O3S. The van der Waals surface area contributed by atoms with Crippen molar-refractivity contribution in [3.8, 4) is 0 Å². The van der Waals surface area contributed by atoms with E-state index in [0.717, 1.165) is 12.8 Å². The zero-order valence-electron chi connectivity index (χ0n) is 18.9. The lowest BCUT2D eigenvalue weighted by atomic mass is 9.91. The zero-order chi connectivity index (χ0) is 21.4. The Bertz CT molecular complexity index is 607. The molecule has 1 N–H and O–H groups in total. The molecule has 29 heavy (non-hydrogen) atoms. The van der Waals surface area contributed by atoms with Crippen LogP contribution >= 0.6 is 0 Å². The maximum atomic E-state index is 11.2. The van der Waals surface area contributed by atoms with Gasteiger partial charge in [0.05, 0.1) is 4.90 Å². The first-order valence-corrected chi connectivity index (χ1v) is 13.5. The Hall–Kier alpha value is -0.870. The molecule has 0 saturated carbocycles. The SMILES string of the molecule is CCCCCCCCCCCCCCCCC(CC)c1ccc(S(=O)(=O)O)cc1. The molecule has 1 aromatic carbocycles. The predicted octanol–water partition coefficient (Wildman–Crippen LogP) is 8.30. The van der Waals surface area contributed by atoms with Crippen LogP contribution in [0.2, 0.25) is 0 Å². The topological polar surface area (TPSA) is 54.4 Å². The van der Waals surface area contributed by atoms with Crippen LogP contribution < -0.4 is 0 Å². The van der Waals surface area contributed by atoms with Gasteiger partial charge in [-0.3, -0.25) is 4.55 Å². The molecule has 1 unspecified atom stereocenters. The molecule has 0 amide bonds. The van der Waals surface area contributed by atoms with E-state index in [2.05, 4.69) is 13.8 Å². The highest BCUT2D eigenvalue weighted by Gasteiger charge is 2.12. The van der Waals surface area contributed by atoms with Gasteiger partial charge >= 0.3 is 0 Å². The fraction of sp³-hybridized carbons (Fsp3) is 0.760. The summed E-state index contributed by atoms with van der Waals surface area (Å²) in [5, 5.41) is 0. The highest BCUT2D eigenvalue weighted by atomic mass is 32.2. The lowest BCUT2D eigenvalue weighted by molar-refractivity contribution is 0.483. The molecular weight excluding hydrogens is 380 g/mol. The molecule has 0 aliphatic rings. The highest BCUT2D eigenvalue weighted by Crippen LogP contribution is 2.27. The van der Waals surface area contributed by atoms with Gasteiger partial charge in [-0.25, -0.2) is 0 Å². The quantitative estimate of drug-likeness (QED) is 0.190. The average molecular weight is 425 g/mol. The third kappa shape index (κ3) is 12.4. The average Bonchev–Trinajstić information content (AvgIpc) is 2.70. The van der Waals surface area contributed by atoms with Crippen molar-refractivity contribution in [3.63, 3.8) is 0 Å². The van der Waals surface area contributed by atoms with Crippen LogP contribution in [0.15, 0.2) is 29.2 Å². The molecule has 0 saturated heterocycles. The van der Waals surface area contributed by atoms with Crippen LogP contribution in [0.3, 0.4) is 0 Å². The summed E-state index contributed by atoms with van der Waals surface area (Å²) in [7, 11) is -4.09. The summed E-state index contributed by atoms with van der Waals surface area (Å²) in [6, 6.07) is 6.72. The van der Waals surface area contributed by atoms with Gasteiger partial charge in [-0.05, 0) is 36.5 Å². The fourth-order valence-electron chi connectivity index (χ4n) is 4.10. The smallest absolute Gasteiger partial charge is 0.282 e. The number of unbranched alkanes of at least 4 members (excludes halogenated alkanes) is 13. The minimum absolute atomic E-state index is 0.0207. The summed E-state index contributed by atoms with van der Waals surface area (Å²) in [6.07, 6.45) is 21.5. The minimum atomic E-state index is -4.09. The molecule has 4 heteroatoms. The van der Waals surface area contributed by atoms with Crippen LogP contribution in [0.1, 0.15) is 128 Å². The van der Waals surface area contributed by atoms with Gasteiger partial charge < -0.3 is 0 Å². The van der Waals surface area contributed by atoms with Gasteiger partial charge in [0, 0.05) is 0 Å². The monoisotopic (exact) mass is 424 g/mol. The van der Waals surface area contributed by atoms with Crippen LogP contribution in [0.4, 0.5) is 0 Å². The zero-order valence-corrected chi connectivity index (χ0v) is 19.7. The Morgan fingerprint density at radius 3 is 1.48 bits per heavy atom. The van der Waals surface area contributed by atoms with Crippen LogP contribution in [0.5, 0.6) is 0 Å². The van der Waals surface area contributed by atoms with Gasteiger partial charge in [0.1, 0.15) is 0 Å². The van der Waals surface area contributed by atoms with E-state index >= 15 is 0 Å². The molecule has 0 heterocycles. The third-order valence-corrected chi connectivity index (χ3v) is 6.92. The van der Waals surface area contributed by atoms with Crippen molar-refractivity contribution in [1.29, 1.82) is 0 Å². The summed E-state index contributed by atoms with van der Waals surface area (Å²) in [6.45, 7) is 4.46.